The number of hydrogen-bond donors (Lipinski definition) is 3. The van der Waals surface area contributed by atoms with Crippen molar-refractivity contribution in [2.45, 2.75) is 38.2 Å². The minimum Gasteiger partial charge on any atom is -0.445 e. The molecule has 2 atom stereocenters. The zero-order valence-electron chi connectivity index (χ0n) is 17.6. The van der Waals surface area contributed by atoms with Crippen molar-refractivity contribution in [3.8, 4) is 0 Å². The minimum atomic E-state index is -0.709. The summed E-state index contributed by atoms with van der Waals surface area (Å²) in [6.07, 6.45) is -0.297. The number of alkyl carbamates (subject to hydrolysis) is 1. The van der Waals surface area contributed by atoms with Crippen LogP contribution in [0.25, 0.3) is 0 Å². The van der Waals surface area contributed by atoms with Crippen molar-refractivity contribution < 1.29 is 28.6 Å². The average Bonchev–Trinajstić information content (AvgIpc) is 2.83. The first kappa shape index (κ1) is 23.2. The van der Waals surface area contributed by atoms with Crippen LogP contribution in [0.5, 0.6) is 0 Å². The Balaban J connectivity index is 1.26. The van der Waals surface area contributed by atoms with Gasteiger partial charge in [0.25, 0.3) is 11.8 Å². The fraction of sp³-hybridized carbons (Fsp3) is 0.348. The van der Waals surface area contributed by atoms with Crippen molar-refractivity contribution in [2.75, 3.05) is 13.2 Å². The molecule has 170 valence electrons. The van der Waals surface area contributed by atoms with Gasteiger partial charge in [0.2, 0.25) is 0 Å². The van der Waals surface area contributed by atoms with Gasteiger partial charge in [0.15, 0.2) is 0 Å². The highest BCUT2D eigenvalue weighted by atomic mass is 16.5. The van der Waals surface area contributed by atoms with E-state index in [1.165, 1.54) is 0 Å². The van der Waals surface area contributed by atoms with Gasteiger partial charge >= 0.3 is 6.09 Å². The molecule has 0 radical (unpaired) electrons. The molecule has 32 heavy (non-hydrogen) atoms. The second-order valence-electron chi connectivity index (χ2n) is 7.32. The molecule has 0 saturated carbocycles. The summed E-state index contributed by atoms with van der Waals surface area (Å²) in [5, 5.41) is 2.73. The van der Waals surface area contributed by atoms with E-state index in [9.17, 15) is 14.4 Å². The first-order valence-corrected chi connectivity index (χ1v) is 10.4. The summed E-state index contributed by atoms with van der Waals surface area (Å²) in [5.41, 5.74) is 6.49. The number of carbonyl (C=O) groups is 3. The molecule has 1 fully saturated rings. The molecule has 3 N–H and O–H groups in total. The fourth-order valence-corrected chi connectivity index (χ4v) is 3.09. The Hall–Kier alpha value is -3.43. The van der Waals surface area contributed by atoms with Crippen molar-refractivity contribution in [3.05, 3.63) is 71.8 Å². The molecule has 3 amide bonds. The van der Waals surface area contributed by atoms with Crippen LogP contribution in [0.2, 0.25) is 0 Å². The molecule has 0 bridgehead atoms. The number of carbonyl (C=O) groups excluding carboxylic acids is 3. The lowest BCUT2D eigenvalue weighted by atomic mass is 10.0. The summed E-state index contributed by atoms with van der Waals surface area (Å²) in [5.74, 6) is -0.919. The van der Waals surface area contributed by atoms with E-state index in [2.05, 4.69) is 16.2 Å². The van der Waals surface area contributed by atoms with Crippen LogP contribution in [0.1, 0.15) is 24.0 Å². The molecule has 1 heterocycles. The smallest absolute Gasteiger partial charge is 0.407 e. The lowest BCUT2D eigenvalue weighted by molar-refractivity contribution is -0.141. The molecule has 1 aliphatic heterocycles. The standard InChI is InChI=1S/C23H27N3O6/c27-21(16-30-13-17-7-3-1-4-8-17)25-26-22(28)20-12-11-19(15-31-20)24-23(29)32-14-18-9-5-2-6-10-18/h1-10,19-20H,11-16H2,(H,24,29)(H,25,27)(H,26,28)/t19-,20+/m1/s1. The number of benzene rings is 2. The SMILES string of the molecule is O=C(COCc1ccccc1)NNC(=O)[C@@H]1CC[C@@H](NC(=O)OCc2ccccc2)CO1. The van der Waals surface area contributed by atoms with Gasteiger partial charge < -0.3 is 19.5 Å². The lowest BCUT2D eigenvalue weighted by Crippen LogP contribution is -2.51. The van der Waals surface area contributed by atoms with E-state index in [4.69, 9.17) is 14.2 Å². The maximum Gasteiger partial charge on any atom is 0.407 e. The van der Waals surface area contributed by atoms with Crippen LogP contribution < -0.4 is 16.2 Å². The van der Waals surface area contributed by atoms with Crippen LogP contribution in [-0.2, 0) is 37.0 Å². The van der Waals surface area contributed by atoms with Crippen LogP contribution in [0, 0.1) is 0 Å². The summed E-state index contributed by atoms with van der Waals surface area (Å²) in [6.45, 7) is 0.473. The summed E-state index contributed by atoms with van der Waals surface area (Å²) < 4.78 is 16.0. The number of nitrogens with one attached hydrogen (secondary N) is 3. The predicted molar refractivity (Wildman–Crippen MR) is 115 cm³/mol. The number of amides is 3. The van der Waals surface area contributed by atoms with E-state index in [0.717, 1.165) is 11.1 Å². The molecule has 2 aromatic carbocycles. The van der Waals surface area contributed by atoms with Crippen molar-refractivity contribution in [2.24, 2.45) is 0 Å². The molecule has 0 aromatic heterocycles. The van der Waals surface area contributed by atoms with Gasteiger partial charge in [0.05, 0.1) is 19.3 Å². The van der Waals surface area contributed by atoms with Gasteiger partial charge in [-0.3, -0.25) is 20.4 Å². The van der Waals surface area contributed by atoms with Gasteiger partial charge in [0, 0.05) is 0 Å². The molecule has 9 heteroatoms. The highest BCUT2D eigenvalue weighted by Gasteiger charge is 2.28. The second kappa shape index (κ2) is 12.4. The van der Waals surface area contributed by atoms with E-state index in [0.29, 0.717) is 19.4 Å². The Bertz CT molecular complexity index is 870. The Morgan fingerprint density at radius 3 is 2.16 bits per heavy atom. The minimum absolute atomic E-state index is 0.173. The normalized spacial score (nSPS) is 17.8. The topological polar surface area (TPSA) is 115 Å². The number of hydrogen-bond acceptors (Lipinski definition) is 6. The van der Waals surface area contributed by atoms with Crippen LogP contribution in [0.4, 0.5) is 4.79 Å². The van der Waals surface area contributed by atoms with Crippen LogP contribution in [0.3, 0.4) is 0 Å². The van der Waals surface area contributed by atoms with Crippen molar-refractivity contribution in [1.29, 1.82) is 0 Å². The zero-order chi connectivity index (χ0) is 22.6. The molecule has 3 rings (SSSR count). The summed E-state index contributed by atoms with van der Waals surface area (Å²) in [4.78, 5) is 35.9. The highest BCUT2D eigenvalue weighted by molar-refractivity contribution is 5.85. The van der Waals surface area contributed by atoms with Crippen LogP contribution in [0.15, 0.2) is 60.7 Å². The largest absolute Gasteiger partial charge is 0.445 e. The number of ether oxygens (including phenoxy) is 3. The Kier molecular flexibility index (Phi) is 9.03. The van der Waals surface area contributed by atoms with Gasteiger partial charge in [-0.2, -0.15) is 0 Å². The van der Waals surface area contributed by atoms with E-state index in [-0.39, 0.29) is 25.9 Å². The molecular weight excluding hydrogens is 414 g/mol. The van der Waals surface area contributed by atoms with E-state index in [1.54, 1.807) is 0 Å². The molecule has 0 aliphatic carbocycles. The Morgan fingerprint density at radius 1 is 0.875 bits per heavy atom. The quantitative estimate of drug-likeness (QED) is 0.539. The molecule has 0 spiro atoms. The first-order chi connectivity index (χ1) is 15.6. The average molecular weight is 441 g/mol. The van der Waals surface area contributed by atoms with E-state index < -0.39 is 24.0 Å². The van der Waals surface area contributed by atoms with Gasteiger partial charge in [-0.25, -0.2) is 4.79 Å². The molecular formula is C23H27N3O6. The van der Waals surface area contributed by atoms with Gasteiger partial charge in [-0.05, 0) is 24.0 Å². The van der Waals surface area contributed by atoms with Crippen molar-refractivity contribution in [3.63, 3.8) is 0 Å². The maximum absolute atomic E-state index is 12.2. The molecule has 1 aliphatic rings. The molecule has 9 nitrogen and oxygen atoms in total. The number of rotatable bonds is 8. The summed E-state index contributed by atoms with van der Waals surface area (Å²) in [7, 11) is 0. The van der Waals surface area contributed by atoms with Crippen LogP contribution in [-0.4, -0.2) is 43.3 Å². The third-order valence-electron chi connectivity index (χ3n) is 4.77. The summed E-state index contributed by atoms with van der Waals surface area (Å²) >= 11 is 0. The zero-order valence-corrected chi connectivity index (χ0v) is 17.6. The highest BCUT2D eigenvalue weighted by Crippen LogP contribution is 2.14. The van der Waals surface area contributed by atoms with Gasteiger partial charge in [0.1, 0.15) is 19.3 Å². The molecule has 0 unspecified atom stereocenters. The Labute approximate surface area is 186 Å². The predicted octanol–water partition coefficient (Wildman–Crippen LogP) is 1.82. The third-order valence-corrected chi connectivity index (χ3v) is 4.77. The fourth-order valence-electron chi connectivity index (χ4n) is 3.09. The lowest BCUT2D eigenvalue weighted by Gasteiger charge is -2.28. The van der Waals surface area contributed by atoms with Crippen molar-refractivity contribution >= 4 is 17.9 Å². The van der Waals surface area contributed by atoms with Crippen molar-refractivity contribution in [1.82, 2.24) is 16.2 Å². The maximum atomic E-state index is 12.2. The monoisotopic (exact) mass is 441 g/mol. The molecule has 1 saturated heterocycles. The third kappa shape index (κ3) is 8.01. The van der Waals surface area contributed by atoms with E-state index in [1.807, 2.05) is 60.7 Å². The van der Waals surface area contributed by atoms with Gasteiger partial charge in [-0.1, -0.05) is 60.7 Å². The second-order valence-corrected chi connectivity index (χ2v) is 7.32. The molecule has 2 aromatic rings. The first-order valence-electron chi connectivity index (χ1n) is 10.4. The Morgan fingerprint density at radius 2 is 1.53 bits per heavy atom. The van der Waals surface area contributed by atoms with E-state index >= 15 is 0 Å². The number of hydrazine groups is 1. The van der Waals surface area contributed by atoms with Gasteiger partial charge in [-0.15, -0.1) is 0 Å². The summed E-state index contributed by atoms with van der Waals surface area (Å²) in [6, 6.07) is 18.6. The van der Waals surface area contributed by atoms with Crippen LogP contribution >= 0.6 is 0 Å².